The van der Waals surface area contributed by atoms with Crippen LogP contribution in [-0.2, 0) is 6.42 Å². The van der Waals surface area contributed by atoms with Crippen LogP contribution in [0, 0.1) is 0 Å². The Morgan fingerprint density at radius 2 is 2.07 bits per heavy atom. The van der Waals surface area contributed by atoms with E-state index >= 15 is 0 Å². The summed E-state index contributed by atoms with van der Waals surface area (Å²) in [7, 11) is 0. The lowest BCUT2D eigenvalue weighted by Gasteiger charge is -2.16. The number of halogens is 1. The first-order valence-electron chi connectivity index (χ1n) is 5.55. The van der Waals surface area contributed by atoms with Gasteiger partial charge in [-0.15, -0.1) is 0 Å². The monoisotopic (exact) mass is 210 g/mol. The Bertz CT molecular complexity index is 309. The van der Waals surface area contributed by atoms with Crippen molar-refractivity contribution in [1.29, 1.82) is 0 Å². The molecule has 0 saturated heterocycles. The molecule has 2 heteroatoms. The van der Waals surface area contributed by atoms with Gasteiger partial charge in [-0.05, 0) is 30.5 Å². The van der Waals surface area contributed by atoms with Gasteiger partial charge in [-0.1, -0.05) is 26.0 Å². The molecule has 0 amide bonds. The Labute approximate surface area is 91.3 Å². The molecule has 15 heavy (non-hydrogen) atoms. The Morgan fingerprint density at radius 1 is 1.33 bits per heavy atom. The van der Waals surface area contributed by atoms with E-state index in [2.05, 4.69) is 6.92 Å². The van der Waals surface area contributed by atoms with Crippen LogP contribution in [0.3, 0.4) is 0 Å². The molecule has 1 nitrogen and oxygen atoms in total. The number of hydrogen-bond donors (Lipinski definition) is 0. The van der Waals surface area contributed by atoms with E-state index in [4.69, 9.17) is 4.74 Å². The standard InChI is InChI=1S/C13H19FO/c1-4-11-12(10(3)9-14)7-6-8-13(11)15-5-2/h6-8,10H,4-5,9H2,1-3H3. The minimum atomic E-state index is -0.317. The Kier molecular flexibility index (Phi) is 4.60. The Morgan fingerprint density at radius 3 is 2.60 bits per heavy atom. The molecular weight excluding hydrogens is 191 g/mol. The van der Waals surface area contributed by atoms with E-state index < -0.39 is 0 Å². The summed E-state index contributed by atoms with van der Waals surface area (Å²) in [4.78, 5) is 0. The van der Waals surface area contributed by atoms with Crippen molar-refractivity contribution in [1.82, 2.24) is 0 Å². The van der Waals surface area contributed by atoms with E-state index in [9.17, 15) is 4.39 Å². The molecule has 0 N–H and O–H groups in total. The number of benzene rings is 1. The van der Waals surface area contributed by atoms with Crippen LogP contribution < -0.4 is 4.74 Å². The van der Waals surface area contributed by atoms with Crippen LogP contribution in [0.5, 0.6) is 5.75 Å². The first kappa shape index (κ1) is 12.0. The maximum absolute atomic E-state index is 12.7. The molecular formula is C13H19FO. The van der Waals surface area contributed by atoms with Gasteiger partial charge in [0.05, 0.1) is 13.3 Å². The zero-order valence-corrected chi connectivity index (χ0v) is 9.72. The van der Waals surface area contributed by atoms with Gasteiger partial charge in [-0.2, -0.15) is 0 Å². The topological polar surface area (TPSA) is 9.23 Å². The summed E-state index contributed by atoms with van der Waals surface area (Å²) < 4.78 is 18.2. The number of ether oxygens (including phenoxy) is 1. The number of hydrogen-bond acceptors (Lipinski definition) is 1. The predicted octanol–water partition coefficient (Wildman–Crippen LogP) is 3.72. The fourth-order valence-corrected chi connectivity index (χ4v) is 1.80. The quantitative estimate of drug-likeness (QED) is 0.719. The van der Waals surface area contributed by atoms with E-state index in [1.165, 1.54) is 0 Å². The summed E-state index contributed by atoms with van der Waals surface area (Å²) in [6.45, 7) is 6.28. The fourth-order valence-electron chi connectivity index (χ4n) is 1.80. The van der Waals surface area contributed by atoms with Crippen LogP contribution in [0.2, 0.25) is 0 Å². The summed E-state index contributed by atoms with van der Waals surface area (Å²) in [5.74, 6) is 0.859. The minimum Gasteiger partial charge on any atom is -0.494 e. The Hall–Kier alpha value is -1.05. The van der Waals surface area contributed by atoms with Crippen molar-refractivity contribution >= 4 is 0 Å². The van der Waals surface area contributed by atoms with Gasteiger partial charge in [0.15, 0.2) is 0 Å². The molecule has 0 heterocycles. The van der Waals surface area contributed by atoms with Crippen molar-refractivity contribution in [2.75, 3.05) is 13.3 Å². The molecule has 0 aliphatic rings. The zero-order chi connectivity index (χ0) is 11.3. The Balaban J connectivity index is 3.09. The first-order chi connectivity index (χ1) is 7.24. The highest BCUT2D eigenvalue weighted by atomic mass is 19.1. The van der Waals surface area contributed by atoms with Crippen LogP contribution >= 0.6 is 0 Å². The van der Waals surface area contributed by atoms with Crippen LogP contribution in [0.15, 0.2) is 18.2 Å². The maximum atomic E-state index is 12.7. The summed E-state index contributed by atoms with van der Waals surface area (Å²) >= 11 is 0. The van der Waals surface area contributed by atoms with Gasteiger partial charge in [-0.3, -0.25) is 4.39 Å². The summed E-state index contributed by atoms with van der Waals surface area (Å²) in [5.41, 5.74) is 2.22. The van der Waals surface area contributed by atoms with Crippen LogP contribution in [0.25, 0.3) is 0 Å². The van der Waals surface area contributed by atoms with Gasteiger partial charge < -0.3 is 4.74 Å². The third-order valence-corrected chi connectivity index (χ3v) is 2.59. The average Bonchev–Trinajstić information content (AvgIpc) is 2.28. The minimum absolute atomic E-state index is 0.0413. The van der Waals surface area contributed by atoms with Gasteiger partial charge in [0, 0.05) is 5.92 Å². The third kappa shape index (κ3) is 2.71. The highest BCUT2D eigenvalue weighted by molar-refractivity contribution is 5.42. The van der Waals surface area contributed by atoms with Crippen molar-refractivity contribution in [3.8, 4) is 5.75 Å². The third-order valence-electron chi connectivity index (χ3n) is 2.59. The average molecular weight is 210 g/mol. The smallest absolute Gasteiger partial charge is 0.122 e. The van der Waals surface area contributed by atoms with E-state index in [1.807, 2.05) is 32.0 Å². The first-order valence-corrected chi connectivity index (χ1v) is 5.55. The fraction of sp³-hybridized carbons (Fsp3) is 0.538. The van der Waals surface area contributed by atoms with Crippen LogP contribution in [0.1, 0.15) is 37.8 Å². The number of rotatable bonds is 5. The molecule has 1 atom stereocenters. The molecule has 0 aliphatic heterocycles. The number of alkyl halides is 1. The van der Waals surface area contributed by atoms with E-state index in [1.54, 1.807) is 0 Å². The van der Waals surface area contributed by atoms with Gasteiger partial charge >= 0.3 is 0 Å². The highest BCUT2D eigenvalue weighted by Crippen LogP contribution is 2.28. The van der Waals surface area contributed by atoms with Gasteiger partial charge in [-0.25, -0.2) is 0 Å². The van der Waals surface area contributed by atoms with Crippen molar-refractivity contribution < 1.29 is 9.13 Å². The van der Waals surface area contributed by atoms with Crippen molar-refractivity contribution in [3.63, 3.8) is 0 Å². The maximum Gasteiger partial charge on any atom is 0.122 e. The van der Waals surface area contributed by atoms with Crippen LogP contribution in [0.4, 0.5) is 4.39 Å². The van der Waals surface area contributed by atoms with Crippen molar-refractivity contribution in [2.45, 2.75) is 33.1 Å². The van der Waals surface area contributed by atoms with Crippen molar-refractivity contribution in [3.05, 3.63) is 29.3 Å². The molecule has 0 aromatic heterocycles. The molecule has 0 radical (unpaired) electrons. The molecule has 0 fully saturated rings. The highest BCUT2D eigenvalue weighted by Gasteiger charge is 2.12. The summed E-state index contributed by atoms with van der Waals surface area (Å²) in [6.07, 6.45) is 0.885. The largest absolute Gasteiger partial charge is 0.494 e. The molecule has 0 spiro atoms. The van der Waals surface area contributed by atoms with Crippen molar-refractivity contribution in [2.24, 2.45) is 0 Å². The predicted molar refractivity (Wildman–Crippen MR) is 61.4 cm³/mol. The molecule has 1 aromatic rings. The van der Waals surface area contributed by atoms with Gasteiger partial charge in [0.25, 0.3) is 0 Å². The summed E-state index contributed by atoms with van der Waals surface area (Å²) in [6, 6.07) is 5.88. The lowest BCUT2D eigenvalue weighted by Crippen LogP contribution is -2.04. The summed E-state index contributed by atoms with van der Waals surface area (Å²) in [5, 5.41) is 0. The molecule has 1 aromatic carbocycles. The second kappa shape index (κ2) is 5.74. The molecule has 84 valence electrons. The van der Waals surface area contributed by atoms with Gasteiger partial charge in [0.2, 0.25) is 0 Å². The molecule has 0 saturated carbocycles. The zero-order valence-electron chi connectivity index (χ0n) is 9.72. The second-order valence-electron chi connectivity index (χ2n) is 3.67. The van der Waals surface area contributed by atoms with Gasteiger partial charge in [0.1, 0.15) is 5.75 Å². The second-order valence-corrected chi connectivity index (χ2v) is 3.67. The lowest BCUT2D eigenvalue weighted by molar-refractivity contribution is 0.335. The lowest BCUT2D eigenvalue weighted by atomic mass is 9.94. The normalized spacial score (nSPS) is 12.5. The van der Waals surface area contributed by atoms with E-state index in [0.717, 1.165) is 23.3 Å². The molecule has 0 aliphatic carbocycles. The molecule has 1 unspecified atom stereocenters. The van der Waals surface area contributed by atoms with E-state index in [-0.39, 0.29) is 12.6 Å². The molecule has 1 rings (SSSR count). The van der Waals surface area contributed by atoms with E-state index in [0.29, 0.717) is 6.61 Å². The molecule has 0 bridgehead atoms. The SMILES string of the molecule is CCOc1cccc(C(C)CF)c1CC. The van der Waals surface area contributed by atoms with Crippen LogP contribution in [-0.4, -0.2) is 13.3 Å².